The SMILES string of the molecule is CCOC(=O)C(C#N)CN(CC)CC. The van der Waals surface area contributed by atoms with Crippen LogP contribution in [0.15, 0.2) is 0 Å². The summed E-state index contributed by atoms with van der Waals surface area (Å²) in [7, 11) is 0. The smallest absolute Gasteiger partial charge is 0.324 e. The fourth-order valence-corrected chi connectivity index (χ4v) is 1.15. The Morgan fingerprint density at radius 2 is 2.00 bits per heavy atom. The minimum absolute atomic E-state index is 0.329. The van der Waals surface area contributed by atoms with Crippen LogP contribution in [0.5, 0.6) is 0 Å². The van der Waals surface area contributed by atoms with Gasteiger partial charge in [-0.1, -0.05) is 13.8 Å². The normalized spacial score (nSPS) is 12.2. The summed E-state index contributed by atoms with van der Waals surface area (Å²) in [4.78, 5) is 13.3. The number of nitriles is 1. The molecule has 0 aromatic heterocycles. The van der Waals surface area contributed by atoms with E-state index in [0.29, 0.717) is 13.2 Å². The number of carbonyl (C=O) groups excluding carboxylic acids is 1. The number of hydrogen-bond donors (Lipinski definition) is 0. The Hall–Kier alpha value is -1.08. The van der Waals surface area contributed by atoms with Gasteiger partial charge in [0.15, 0.2) is 5.92 Å². The Kier molecular flexibility index (Phi) is 6.77. The number of hydrogen-bond acceptors (Lipinski definition) is 4. The Bertz CT molecular complexity index is 207. The maximum absolute atomic E-state index is 11.3. The van der Waals surface area contributed by atoms with Gasteiger partial charge in [-0.3, -0.25) is 4.79 Å². The highest BCUT2D eigenvalue weighted by Crippen LogP contribution is 2.02. The van der Waals surface area contributed by atoms with Gasteiger partial charge in [-0.15, -0.1) is 0 Å². The first-order valence-corrected chi connectivity index (χ1v) is 4.98. The molecule has 0 saturated heterocycles. The lowest BCUT2D eigenvalue weighted by Crippen LogP contribution is -2.33. The van der Waals surface area contributed by atoms with Crippen LogP contribution in [-0.4, -0.2) is 37.1 Å². The summed E-state index contributed by atoms with van der Waals surface area (Å²) in [6, 6.07) is 1.97. The molecule has 0 spiro atoms. The van der Waals surface area contributed by atoms with E-state index >= 15 is 0 Å². The van der Waals surface area contributed by atoms with Crippen LogP contribution in [0.2, 0.25) is 0 Å². The van der Waals surface area contributed by atoms with E-state index in [1.54, 1.807) is 6.92 Å². The maximum atomic E-state index is 11.3. The third kappa shape index (κ3) is 4.24. The van der Waals surface area contributed by atoms with Gasteiger partial charge >= 0.3 is 5.97 Å². The zero-order valence-corrected chi connectivity index (χ0v) is 9.12. The van der Waals surface area contributed by atoms with Crippen molar-refractivity contribution in [3.8, 4) is 6.07 Å². The summed E-state index contributed by atoms with van der Waals surface area (Å²) in [6.45, 7) is 8.22. The molecule has 0 N–H and O–H groups in total. The monoisotopic (exact) mass is 198 g/mol. The van der Waals surface area contributed by atoms with Gasteiger partial charge in [0.05, 0.1) is 12.7 Å². The van der Waals surface area contributed by atoms with Crippen LogP contribution >= 0.6 is 0 Å². The lowest BCUT2D eigenvalue weighted by molar-refractivity contribution is -0.146. The highest BCUT2D eigenvalue weighted by molar-refractivity contribution is 5.75. The van der Waals surface area contributed by atoms with Crippen LogP contribution in [0.4, 0.5) is 0 Å². The molecule has 0 fully saturated rings. The largest absolute Gasteiger partial charge is 0.465 e. The van der Waals surface area contributed by atoms with Crippen LogP contribution in [0, 0.1) is 17.2 Å². The molecule has 0 aromatic carbocycles. The Morgan fingerprint density at radius 3 is 2.36 bits per heavy atom. The third-order valence-corrected chi connectivity index (χ3v) is 2.06. The second-order valence-corrected chi connectivity index (χ2v) is 2.92. The molecule has 1 unspecified atom stereocenters. The first-order chi connectivity index (χ1) is 6.69. The fraction of sp³-hybridized carbons (Fsp3) is 0.800. The van der Waals surface area contributed by atoms with Crippen molar-refractivity contribution in [3.05, 3.63) is 0 Å². The third-order valence-electron chi connectivity index (χ3n) is 2.06. The molecule has 0 saturated carbocycles. The van der Waals surface area contributed by atoms with Crippen molar-refractivity contribution in [1.82, 2.24) is 4.90 Å². The van der Waals surface area contributed by atoms with Gasteiger partial charge in [0.2, 0.25) is 0 Å². The van der Waals surface area contributed by atoms with E-state index in [4.69, 9.17) is 10.00 Å². The molecule has 0 aliphatic heterocycles. The second kappa shape index (κ2) is 7.34. The van der Waals surface area contributed by atoms with Crippen molar-refractivity contribution >= 4 is 5.97 Å². The number of nitrogens with zero attached hydrogens (tertiary/aromatic N) is 2. The van der Waals surface area contributed by atoms with Crippen LogP contribution in [0.25, 0.3) is 0 Å². The van der Waals surface area contributed by atoms with Gasteiger partial charge in [0.1, 0.15) is 0 Å². The quantitative estimate of drug-likeness (QED) is 0.598. The molecule has 4 nitrogen and oxygen atoms in total. The summed E-state index contributed by atoms with van der Waals surface area (Å²) >= 11 is 0. The van der Waals surface area contributed by atoms with Gasteiger partial charge in [0.25, 0.3) is 0 Å². The molecule has 0 rings (SSSR count). The molecule has 0 aromatic rings. The summed E-state index contributed by atoms with van der Waals surface area (Å²) in [6.07, 6.45) is 0. The van der Waals surface area contributed by atoms with Gasteiger partial charge in [-0.25, -0.2) is 0 Å². The number of rotatable bonds is 6. The highest BCUT2D eigenvalue weighted by Gasteiger charge is 2.21. The van der Waals surface area contributed by atoms with Crippen molar-refractivity contribution in [2.45, 2.75) is 20.8 Å². The molecule has 0 bridgehead atoms. The molecule has 14 heavy (non-hydrogen) atoms. The van der Waals surface area contributed by atoms with E-state index in [2.05, 4.69) is 0 Å². The molecular formula is C10H18N2O2. The summed E-state index contributed by atoms with van der Waals surface area (Å²) in [5.41, 5.74) is 0. The molecule has 0 amide bonds. The Labute approximate surface area is 85.5 Å². The number of carbonyl (C=O) groups is 1. The lowest BCUT2D eigenvalue weighted by atomic mass is 10.1. The summed E-state index contributed by atoms with van der Waals surface area (Å²) in [5, 5.41) is 8.79. The number of esters is 1. The first kappa shape index (κ1) is 12.9. The van der Waals surface area contributed by atoms with Crippen LogP contribution in [0.1, 0.15) is 20.8 Å². The van der Waals surface area contributed by atoms with E-state index in [9.17, 15) is 4.79 Å². The molecule has 0 aliphatic rings. The minimum Gasteiger partial charge on any atom is -0.465 e. The lowest BCUT2D eigenvalue weighted by Gasteiger charge is -2.19. The zero-order valence-electron chi connectivity index (χ0n) is 9.12. The molecule has 4 heteroatoms. The van der Waals surface area contributed by atoms with Crippen molar-refractivity contribution in [3.63, 3.8) is 0 Å². The zero-order chi connectivity index (χ0) is 11.0. The Balaban J connectivity index is 4.15. The fourth-order valence-electron chi connectivity index (χ4n) is 1.15. The van der Waals surface area contributed by atoms with Gasteiger partial charge in [-0.05, 0) is 20.0 Å². The molecule has 0 heterocycles. The molecular weight excluding hydrogens is 180 g/mol. The number of ether oxygens (including phenoxy) is 1. The van der Waals surface area contributed by atoms with Gasteiger partial charge in [-0.2, -0.15) is 5.26 Å². The first-order valence-electron chi connectivity index (χ1n) is 4.98. The van der Waals surface area contributed by atoms with E-state index in [-0.39, 0.29) is 0 Å². The van der Waals surface area contributed by atoms with Crippen molar-refractivity contribution in [1.29, 1.82) is 5.26 Å². The van der Waals surface area contributed by atoms with Crippen LogP contribution < -0.4 is 0 Å². The van der Waals surface area contributed by atoms with E-state index < -0.39 is 11.9 Å². The maximum Gasteiger partial charge on any atom is 0.324 e. The second-order valence-electron chi connectivity index (χ2n) is 2.92. The average Bonchev–Trinajstić information content (AvgIpc) is 2.20. The van der Waals surface area contributed by atoms with Crippen molar-refractivity contribution in [2.75, 3.05) is 26.2 Å². The molecule has 1 atom stereocenters. The molecule has 0 aliphatic carbocycles. The van der Waals surface area contributed by atoms with Crippen molar-refractivity contribution in [2.24, 2.45) is 5.92 Å². The predicted octanol–water partition coefficient (Wildman–Crippen LogP) is 1.03. The van der Waals surface area contributed by atoms with Gasteiger partial charge < -0.3 is 9.64 Å². The van der Waals surface area contributed by atoms with E-state index in [1.807, 2.05) is 24.8 Å². The molecule has 0 radical (unpaired) electrons. The van der Waals surface area contributed by atoms with Crippen LogP contribution in [0.3, 0.4) is 0 Å². The van der Waals surface area contributed by atoms with Gasteiger partial charge in [0, 0.05) is 6.54 Å². The van der Waals surface area contributed by atoms with E-state index in [0.717, 1.165) is 13.1 Å². The Morgan fingerprint density at radius 1 is 1.43 bits per heavy atom. The van der Waals surface area contributed by atoms with Crippen molar-refractivity contribution < 1.29 is 9.53 Å². The minimum atomic E-state index is -0.658. The summed E-state index contributed by atoms with van der Waals surface area (Å²) < 4.78 is 4.80. The standard InChI is InChI=1S/C10H18N2O2/c1-4-12(5-2)8-9(7-11)10(13)14-6-3/h9H,4-6,8H2,1-3H3. The summed E-state index contributed by atoms with van der Waals surface area (Å²) in [5.74, 6) is -1.07. The van der Waals surface area contributed by atoms with E-state index in [1.165, 1.54) is 0 Å². The van der Waals surface area contributed by atoms with Crippen LogP contribution in [-0.2, 0) is 9.53 Å². The average molecular weight is 198 g/mol. The highest BCUT2D eigenvalue weighted by atomic mass is 16.5. The molecule has 80 valence electrons. The predicted molar refractivity (Wildman–Crippen MR) is 53.5 cm³/mol. The topological polar surface area (TPSA) is 53.3 Å².